The number of amides is 1. The third-order valence-corrected chi connectivity index (χ3v) is 3.28. The Morgan fingerprint density at radius 1 is 1.22 bits per heavy atom. The first kappa shape index (κ1) is 11.2. The summed E-state index contributed by atoms with van der Waals surface area (Å²) in [4.78, 5) is 23.4. The Morgan fingerprint density at radius 2 is 1.94 bits per heavy atom. The molecule has 1 aromatic heterocycles. The van der Waals surface area contributed by atoms with Crippen LogP contribution in [0.1, 0.15) is 6.42 Å². The Hall–Kier alpha value is -1.89. The van der Waals surface area contributed by atoms with E-state index in [-0.39, 0.29) is 11.6 Å². The fourth-order valence-corrected chi connectivity index (χ4v) is 2.11. The van der Waals surface area contributed by atoms with Crippen LogP contribution < -0.4 is 11.0 Å². The van der Waals surface area contributed by atoms with Gasteiger partial charge in [0, 0.05) is 17.4 Å². The Balaban J connectivity index is 2.11. The summed E-state index contributed by atoms with van der Waals surface area (Å²) < 4.78 is 3.67. The van der Waals surface area contributed by atoms with Crippen LogP contribution in [0.2, 0.25) is 0 Å². The molecule has 1 aliphatic heterocycles. The quantitative estimate of drug-likeness (QED) is 0.859. The lowest BCUT2D eigenvalue weighted by atomic mass is 10.3. The standard InChI is InChI=1S/C11H9BrN4O2/c12-7-1-3-8(4-2-7)16-11(18)15-6-5-9(17)13-10(15)14-16/h1-4H,5-6H2,(H,13,14,17). The molecule has 3 rings (SSSR count). The van der Waals surface area contributed by atoms with Gasteiger partial charge in [0.2, 0.25) is 11.9 Å². The number of anilines is 1. The number of nitrogens with one attached hydrogen (secondary N) is 1. The van der Waals surface area contributed by atoms with Gasteiger partial charge >= 0.3 is 5.69 Å². The molecule has 2 aromatic rings. The predicted molar refractivity (Wildman–Crippen MR) is 68.8 cm³/mol. The van der Waals surface area contributed by atoms with E-state index >= 15 is 0 Å². The first-order valence-corrected chi connectivity index (χ1v) is 6.20. The molecule has 0 saturated heterocycles. The second-order valence-corrected chi connectivity index (χ2v) is 4.86. The number of carbonyl (C=O) groups excluding carboxylic acids is 1. The van der Waals surface area contributed by atoms with E-state index in [1.165, 1.54) is 9.25 Å². The molecule has 0 radical (unpaired) electrons. The maximum atomic E-state index is 12.1. The number of hydrogen-bond donors (Lipinski definition) is 1. The summed E-state index contributed by atoms with van der Waals surface area (Å²) in [6.45, 7) is 0.372. The highest BCUT2D eigenvalue weighted by molar-refractivity contribution is 9.10. The largest absolute Gasteiger partial charge is 0.352 e. The van der Waals surface area contributed by atoms with Crippen LogP contribution in [0, 0.1) is 0 Å². The van der Waals surface area contributed by atoms with E-state index in [0.29, 0.717) is 24.6 Å². The van der Waals surface area contributed by atoms with E-state index in [1.807, 2.05) is 12.1 Å². The van der Waals surface area contributed by atoms with Crippen molar-refractivity contribution in [2.24, 2.45) is 0 Å². The predicted octanol–water partition coefficient (Wildman–Crippen LogP) is 1.14. The van der Waals surface area contributed by atoms with Gasteiger partial charge in [-0.15, -0.1) is 5.10 Å². The van der Waals surface area contributed by atoms with Crippen LogP contribution in [0.5, 0.6) is 0 Å². The van der Waals surface area contributed by atoms with Crippen molar-refractivity contribution in [3.05, 3.63) is 39.2 Å². The first-order valence-electron chi connectivity index (χ1n) is 5.41. The van der Waals surface area contributed by atoms with Crippen molar-refractivity contribution >= 4 is 27.8 Å². The van der Waals surface area contributed by atoms with Gasteiger partial charge in [-0.2, -0.15) is 4.68 Å². The van der Waals surface area contributed by atoms with Crippen LogP contribution >= 0.6 is 15.9 Å². The van der Waals surface area contributed by atoms with Crippen molar-refractivity contribution in [1.82, 2.24) is 14.3 Å². The molecule has 0 spiro atoms. The molecular formula is C11H9BrN4O2. The molecule has 0 atom stereocenters. The van der Waals surface area contributed by atoms with E-state index in [0.717, 1.165) is 4.47 Å². The third kappa shape index (κ3) is 1.76. The fourth-order valence-electron chi connectivity index (χ4n) is 1.84. The van der Waals surface area contributed by atoms with Gasteiger partial charge in [-0.05, 0) is 24.3 Å². The van der Waals surface area contributed by atoms with Crippen LogP contribution in [0.3, 0.4) is 0 Å². The molecule has 2 heterocycles. The van der Waals surface area contributed by atoms with E-state index in [9.17, 15) is 9.59 Å². The van der Waals surface area contributed by atoms with Gasteiger partial charge in [-0.3, -0.25) is 14.7 Å². The summed E-state index contributed by atoms with van der Waals surface area (Å²) in [6, 6.07) is 7.23. The SMILES string of the molecule is O=C1CCn2c(nn(-c3ccc(Br)cc3)c2=O)N1. The average Bonchev–Trinajstić information content (AvgIpc) is 2.67. The average molecular weight is 309 g/mol. The molecule has 0 aliphatic carbocycles. The lowest BCUT2D eigenvalue weighted by Gasteiger charge is -2.11. The second-order valence-electron chi connectivity index (χ2n) is 3.94. The van der Waals surface area contributed by atoms with Gasteiger partial charge in [0.1, 0.15) is 0 Å². The molecule has 1 amide bonds. The summed E-state index contributed by atoms with van der Waals surface area (Å²) in [5.41, 5.74) is 0.423. The van der Waals surface area contributed by atoms with Gasteiger partial charge < -0.3 is 0 Å². The smallest absolute Gasteiger partial charge is 0.295 e. The molecule has 1 aliphatic rings. The Labute approximate surface area is 110 Å². The zero-order valence-corrected chi connectivity index (χ0v) is 10.8. The number of hydrogen-bond acceptors (Lipinski definition) is 3. The molecule has 7 heteroatoms. The van der Waals surface area contributed by atoms with Crippen molar-refractivity contribution in [3.8, 4) is 5.69 Å². The number of carbonyl (C=O) groups is 1. The number of benzene rings is 1. The maximum Gasteiger partial charge on any atom is 0.352 e. The van der Waals surface area contributed by atoms with Crippen molar-refractivity contribution in [3.63, 3.8) is 0 Å². The molecule has 0 bridgehead atoms. The minimum atomic E-state index is -0.243. The first-order chi connectivity index (χ1) is 8.65. The van der Waals surface area contributed by atoms with E-state index in [2.05, 4.69) is 26.3 Å². The van der Waals surface area contributed by atoms with Gasteiger partial charge in [0.05, 0.1) is 5.69 Å². The minimum absolute atomic E-state index is 0.115. The van der Waals surface area contributed by atoms with Gasteiger partial charge in [0.25, 0.3) is 0 Å². The summed E-state index contributed by atoms with van der Waals surface area (Å²) in [7, 11) is 0. The van der Waals surface area contributed by atoms with E-state index in [4.69, 9.17) is 0 Å². The van der Waals surface area contributed by atoms with Crippen LogP contribution in [-0.2, 0) is 11.3 Å². The molecule has 1 aromatic carbocycles. The summed E-state index contributed by atoms with van der Waals surface area (Å²) in [5.74, 6) is 0.189. The molecule has 18 heavy (non-hydrogen) atoms. The Kier molecular flexibility index (Phi) is 2.55. The minimum Gasteiger partial charge on any atom is -0.295 e. The lowest BCUT2D eigenvalue weighted by Crippen LogP contribution is -2.30. The normalized spacial score (nSPS) is 14.2. The molecule has 92 valence electrons. The van der Waals surface area contributed by atoms with Gasteiger partial charge in [-0.25, -0.2) is 4.79 Å². The van der Waals surface area contributed by atoms with Crippen molar-refractivity contribution in [2.45, 2.75) is 13.0 Å². The number of nitrogens with zero attached hydrogens (tertiary/aromatic N) is 3. The molecular weight excluding hydrogens is 300 g/mol. The fraction of sp³-hybridized carbons (Fsp3) is 0.182. The monoisotopic (exact) mass is 308 g/mol. The Morgan fingerprint density at radius 3 is 2.67 bits per heavy atom. The van der Waals surface area contributed by atoms with Gasteiger partial charge in [0.15, 0.2) is 0 Å². The highest BCUT2D eigenvalue weighted by Crippen LogP contribution is 2.14. The zero-order valence-electron chi connectivity index (χ0n) is 9.26. The summed E-state index contributed by atoms with van der Waals surface area (Å²) >= 11 is 3.33. The molecule has 0 fully saturated rings. The number of rotatable bonds is 1. The van der Waals surface area contributed by atoms with Crippen molar-refractivity contribution in [2.75, 3.05) is 5.32 Å². The number of aromatic nitrogens is 3. The topological polar surface area (TPSA) is 68.9 Å². The third-order valence-electron chi connectivity index (χ3n) is 2.75. The molecule has 1 N–H and O–H groups in total. The van der Waals surface area contributed by atoms with Crippen molar-refractivity contribution < 1.29 is 4.79 Å². The van der Waals surface area contributed by atoms with Crippen LogP contribution in [0.25, 0.3) is 5.69 Å². The van der Waals surface area contributed by atoms with Crippen LogP contribution in [0.15, 0.2) is 33.5 Å². The van der Waals surface area contributed by atoms with Crippen LogP contribution in [-0.4, -0.2) is 20.3 Å². The van der Waals surface area contributed by atoms with Gasteiger partial charge in [-0.1, -0.05) is 15.9 Å². The highest BCUT2D eigenvalue weighted by Gasteiger charge is 2.21. The van der Waals surface area contributed by atoms with E-state index < -0.39 is 0 Å². The van der Waals surface area contributed by atoms with E-state index in [1.54, 1.807) is 12.1 Å². The van der Waals surface area contributed by atoms with Crippen molar-refractivity contribution in [1.29, 1.82) is 0 Å². The number of fused-ring (bicyclic) bond motifs is 1. The molecule has 0 unspecified atom stereocenters. The van der Waals surface area contributed by atoms with Crippen LogP contribution in [0.4, 0.5) is 5.95 Å². The molecule has 0 saturated carbocycles. The Bertz CT molecular complexity index is 671. The number of halogens is 1. The molecule has 6 nitrogen and oxygen atoms in total. The lowest BCUT2D eigenvalue weighted by molar-refractivity contribution is -0.116. The summed E-state index contributed by atoms with van der Waals surface area (Å²) in [5, 5.41) is 6.71. The highest BCUT2D eigenvalue weighted by atomic mass is 79.9. The zero-order chi connectivity index (χ0) is 12.7. The maximum absolute atomic E-state index is 12.1. The second kappa shape index (κ2) is 4.09. The summed E-state index contributed by atoms with van der Waals surface area (Å²) in [6.07, 6.45) is 0.305.